The highest BCUT2D eigenvalue weighted by Gasteiger charge is 2.13. The molecule has 0 fully saturated rings. The molecule has 0 spiro atoms. The van der Waals surface area contributed by atoms with E-state index in [1.807, 2.05) is 23.6 Å². The lowest BCUT2D eigenvalue weighted by Gasteiger charge is -2.05. The van der Waals surface area contributed by atoms with Crippen LogP contribution in [0.4, 0.5) is 0 Å². The molecular weight excluding hydrogens is 220 g/mol. The Morgan fingerprint density at radius 1 is 1.25 bits per heavy atom. The third-order valence-electron chi connectivity index (χ3n) is 2.51. The van der Waals surface area contributed by atoms with Crippen molar-refractivity contribution in [3.63, 3.8) is 0 Å². The second kappa shape index (κ2) is 4.49. The van der Waals surface area contributed by atoms with E-state index in [1.165, 1.54) is 4.88 Å². The maximum Gasteiger partial charge on any atom is 0.336 e. The van der Waals surface area contributed by atoms with Crippen LogP contribution in [0.1, 0.15) is 22.2 Å². The molecule has 0 unspecified atom stereocenters. The Morgan fingerprint density at radius 2 is 2.00 bits per heavy atom. The molecule has 0 amide bonds. The van der Waals surface area contributed by atoms with E-state index in [4.69, 9.17) is 5.11 Å². The number of hydrogen-bond donors (Lipinski definition) is 1. The molecule has 16 heavy (non-hydrogen) atoms. The van der Waals surface area contributed by atoms with Crippen molar-refractivity contribution in [2.45, 2.75) is 13.3 Å². The number of carboxylic acids is 1. The maximum atomic E-state index is 11.1. The number of rotatable bonds is 3. The Labute approximate surface area is 98.2 Å². The molecule has 2 aromatic rings. The quantitative estimate of drug-likeness (QED) is 0.876. The van der Waals surface area contributed by atoms with Gasteiger partial charge in [-0.05, 0) is 35.1 Å². The van der Waals surface area contributed by atoms with Gasteiger partial charge >= 0.3 is 5.97 Å². The molecule has 0 saturated carbocycles. The van der Waals surface area contributed by atoms with E-state index in [1.54, 1.807) is 23.5 Å². The molecule has 0 atom stereocenters. The molecule has 1 N–H and O–H groups in total. The van der Waals surface area contributed by atoms with Crippen LogP contribution >= 0.6 is 11.3 Å². The number of aryl methyl sites for hydroxylation is 1. The van der Waals surface area contributed by atoms with Crippen molar-refractivity contribution in [2.75, 3.05) is 0 Å². The monoisotopic (exact) mass is 232 g/mol. The predicted octanol–water partition coefficient (Wildman–Crippen LogP) is 3.68. The van der Waals surface area contributed by atoms with Gasteiger partial charge in [-0.15, -0.1) is 11.3 Å². The van der Waals surface area contributed by atoms with Gasteiger partial charge in [0, 0.05) is 4.88 Å². The summed E-state index contributed by atoms with van der Waals surface area (Å²) in [6.45, 7) is 2.08. The zero-order valence-electron chi connectivity index (χ0n) is 8.93. The minimum absolute atomic E-state index is 0.371. The molecule has 1 aromatic heterocycles. The van der Waals surface area contributed by atoms with E-state index in [0.29, 0.717) is 5.56 Å². The highest BCUT2D eigenvalue weighted by atomic mass is 32.1. The predicted molar refractivity (Wildman–Crippen MR) is 66.1 cm³/mol. The first kappa shape index (κ1) is 10.9. The summed E-state index contributed by atoms with van der Waals surface area (Å²) >= 11 is 1.67. The third-order valence-corrected chi connectivity index (χ3v) is 3.58. The number of benzene rings is 1. The first-order chi connectivity index (χ1) is 7.74. The molecule has 0 radical (unpaired) electrons. The molecule has 0 aliphatic carbocycles. The summed E-state index contributed by atoms with van der Waals surface area (Å²) in [5.41, 5.74) is 2.23. The van der Waals surface area contributed by atoms with Crippen LogP contribution in [0, 0.1) is 0 Å². The number of carboxylic acid groups (broad SMARTS) is 1. The van der Waals surface area contributed by atoms with Crippen molar-refractivity contribution < 1.29 is 9.90 Å². The van der Waals surface area contributed by atoms with Gasteiger partial charge in [-0.2, -0.15) is 0 Å². The average Bonchev–Trinajstić information content (AvgIpc) is 2.76. The van der Waals surface area contributed by atoms with Crippen LogP contribution in [0.15, 0.2) is 35.7 Å². The normalized spacial score (nSPS) is 10.3. The SMILES string of the molecule is CCc1sccc1-c1ccccc1C(=O)O. The van der Waals surface area contributed by atoms with Crippen LogP contribution in [0.25, 0.3) is 11.1 Å². The topological polar surface area (TPSA) is 37.3 Å². The van der Waals surface area contributed by atoms with Gasteiger partial charge in [0.1, 0.15) is 0 Å². The Balaban J connectivity index is 2.60. The van der Waals surface area contributed by atoms with E-state index < -0.39 is 5.97 Å². The zero-order valence-corrected chi connectivity index (χ0v) is 9.75. The number of hydrogen-bond acceptors (Lipinski definition) is 2. The molecule has 1 heterocycles. The number of aromatic carboxylic acids is 1. The third kappa shape index (κ3) is 1.86. The summed E-state index contributed by atoms with van der Waals surface area (Å²) in [5, 5.41) is 11.1. The van der Waals surface area contributed by atoms with Gasteiger partial charge < -0.3 is 5.11 Å². The molecule has 3 heteroatoms. The average molecular weight is 232 g/mol. The summed E-state index contributed by atoms with van der Waals surface area (Å²) in [6.07, 6.45) is 0.932. The largest absolute Gasteiger partial charge is 0.478 e. The Bertz CT molecular complexity index is 514. The molecule has 0 bridgehead atoms. The smallest absolute Gasteiger partial charge is 0.336 e. The summed E-state index contributed by atoms with van der Waals surface area (Å²) in [5.74, 6) is -0.871. The van der Waals surface area contributed by atoms with Crippen molar-refractivity contribution >= 4 is 17.3 Å². The number of carbonyl (C=O) groups is 1. The minimum Gasteiger partial charge on any atom is -0.478 e. The fourth-order valence-electron chi connectivity index (χ4n) is 1.76. The van der Waals surface area contributed by atoms with Crippen LogP contribution in [0.3, 0.4) is 0 Å². The minimum atomic E-state index is -0.871. The van der Waals surface area contributed by atoms with Gasteiger partial charge in [0.2, 0.25) is 0 Å². The second-order valence-corrected chi connectivity index (χ2v) is 4.46. The van der Waals surface area contributed by atoms with E-state index in [9.17, 15) is 4.79 Å². The van der Waals surface area contributed by atoms with E-state index in [0.717, 1.165) is 17.5 Å². The Morgan fingerprint density at radius 3 is 2.69 bits per heavy atom. The van der Waals surface area contributed by atoms with Gasteiger partial charge in [-0.25, -0.2) is 4.79 Å². The fraction of sp³-hybridized carbons (Fsp3) is 0.154. The van der Waals surface area contributed by atoms with Crippen molar-refractivity contribution in [1.29, 1.82) is 0 Å². The summed E-state index contributed by atoms with van der Waals surface area (Å²) in [7, 11) is 0. The lowest BCUT2D eigenvalue weighted by Crippen LogP contribution is -1.99. The molecule has 2 rings (SSSR count). The summed E-state index contributed by atoms with van der Waals surface area (Å²) < 4.78 is 0. The van der Waals surface area contributed by atoms with Crippen LogP contribution < -0.4 is 0 Å². The molecule has 82 valence electrons. The zero-order chi connectivity index (χ0) is 11.5. The van der Waals surface area contributed by atoms with Gasteiger partial charge in [0.15, 0.2) is 0 Å². The van der Waals surface area contributed by atoms with Crippen molar-refractivity contribution in [3.05, 3.63) is 46.2 Å². The maximum absolute atomic E-state index is 11.1. The van der Waals surface area contributed by atoms with Gasteiger partial charge in [-0.3, -0.25) is 0 Å². The van der Waals surface area contributed by atoms with Gasteiger partial charge in [0.05, 0.1) is 5.56 Å². The van der Waals surface area contributed by atoms with Crippen molar-refractivity contribution in [3.8, 4) is 11.1 Å². The first-order valence-electron chi connectivity index (χ1n) is 5.13. The highest BCUT2D eigenvalue weighted by Crippen LogP contribution is 2.31. The molecule has 2 nitrogen and oxygen atoms in total. The van der Waals surface area contributed by atoms with Crippen LogP contribution in [0.5, 0.6) is 0 Å². The van der Waals surface area contributed by atoms with Crippen molar-refractivity contribution in [1.82, 2.24) is 0 Å². The highest BCUT2D eigenvalue weighted by molar-refractivity contribution is 7.10. The Hall–Kier alpha value is -1.61. The van der Waals surface area contributed by atoms with Crippen LogP contribution in [0.2, 0.25) is 0 Å². The Kier molecular flexibility index (Phi) is 3.06. The molecule has 0 aliphatic rings. The van der Waals surface area contributed by atoms with E-state index in [-0.39, 0.29) is 0 Å². The molecule has 0 saturated heterocycles. The van der Waals surface area contributed by atoms with Crippen molar-refractivity contribution in [2.24, 2.45) is 0 Å². The molecule has 1 aromatic carbocycles. The van der Waals surface area contributed by atoms with Crippen LogP contribution in [-0.4, -0.2) is 11.1 Å². The first-order valence-corrected chi connectivity index (χ1v) is 6.01. The van der Waals surface area contributed by atoms with E-state index >= 15 is 0 Å². The van der Waals surface area contributed by atoms with E-state index in [2.05, 4.69) is 6.92 Å². The summed E-state index contributed by atoms with van der Waals surface area (Å²) in [6, 6.07) is 9.13. The lowest BCUT2D eigenvalue weighted by molar-refractivity contribution is 0.0698. The summed E-state index contributed by atoms with van der Waals surface area (Å²) in [4.78, 5) is 12.4. The standard InChI is InChI=1S/C13H12O2S/c1-2-12-10(7-8-16-12)9-5-3-4-6-11(9)13(14)15/h3-8H,2H2,1H3,(H,14,15). The fourth-order valence-corrected chi connectivity index (χ4v) is 2.60. The lowest BCUT2D eigenvalue weighted by atomic mass is 10.00. The number of thiophene rings is 1. The molecular formula is C13H12O2S. The van der Waals surface area contributed by atoms with Gasteiger partial charge in [-0.1, -0.05) is 25.1 Å². The van der Waals surface area contributed by atoms with Crippen LogP contribution in [-0.2, 0) is 6.42 Å². The second-order valence-electron chi connectivity index (χ2n) is 3.46. The molecule has 0 aliphatic heterocycles. The van der Waals surface area contributed by atoms with Gasteiger partial charge in [0.25, 0.3) is 0 Å².